The number of phenolic OH excluding ortho intramolecular Hbond substituents is 4. The molecule has 0 unspecified atom stereocenters. The summed E-state index contributed by atoms with van der Waals surface area (Å²) in [6.45, 7) is 0. The highest BCUT2D eigenvalue weighted by molar-refractivity contribution is 6.09. The highest BCUT2D eigenvalue weighted by Crippen LogP contribution is 2.25. The van der Waals surface area contributed by atoms with E-state index in [0.29, 0.717) is 5.75 Å². The van der Waals surface area contributed by atoms with Crippen LogP contribution in [-0.4, -0.2) is 46.2 Å². The molecular weight excluding hydrogens is 512 g/mol. The lowest BCUT2D eigenvalue weighted by atomic mass is 10.1. The highest BCUT2D eigenvalue weighted by Gasteiger charge is 2.10. The molecule has 0 atom stereocenters. The van der Waals surface area contributed by atoms with Crippen LogP contribution in [0.3, 0.4) is 0 Å². The van der Waals surface area contributed by atoms with E-state index in [0.717, 1.165) is 22.9 Å². The van der Waals surface area contributed by atoms with E-state index in [4.69, 9.17) is 14.6 Å². The minimum absolute atomic E-state index is 0.0850. The number of carbonyl (C=O) groups is 2. The first kappa shape index (κ1) is 29.1. The topological polar surface area (TPSA) is 134 Å². The fourth-order valence-corrected chi connectivity index (χ4v) is 3.40. The fraction of sp³-hybridized carbons (Fsp3) is 0.0625. The van der Waals surface area contributed by atoms with Crippen molar-refractivity contribution in [1.29, 1.82) is 0 Å². The van der Waals surface area contributed by atoms with Gasteiger partial charge >= 0.3 is 0 Å². The van der Waals surface area contributed by atoms with Crippen LogP contribution in [-0.2, 0) is 0 Å². The molecule has 4 N–H and O–H groups in total. The molecule has 0 radical (unpaired) electrons. The lowest BCUT2D eigenvalue weighted by Gasteiger charge is -2.03. The Bertz CT molecular complexity index is 1520. The van der Waals surface area contributed by atoms with Gasteiger partial charge in [-0.1, -0.05) is 36.4 Å². The first-order chi connectivity index (χ1) is 19.2. The molecule has 0 amide bonds. The van der Waals surface area contributed by atoms with Gasteiger partial charge in [0.1, 0.15) is 34.5 Å². The van der Waals surface area contributed by atoms with Crippen LogP contribution in [0.15, 0.2) is 97.1 Å². The minimum atomic E-state index is -0.335. The number of benzene rings is 4. The van der Waals surface area contributed by atoms with Gasteiger partial charge in [0.25, 0.3) is 0 Å². The maximum atomic E-state index is 12.0. The van der Waals surface area contributed by atoms with Gasteiger partial charge in [-0.05, 0) is 71.8 Å². The van der Waals surface area contributed by atoms with Crippen LogP contribution in [0, 0.1) is 0 Å². The van der Waals surface area contributed by atoms with E-state index in [9.17, 15) is 24.9 Å². The summed E-state index contributed by atoms with van der Waals surface area (Å²) in [6.07, 6.45) is 6.00. The van der Waals surface area contributed by atoms with Gasteiger partial charge in [0.05, 0.1) is 25.3 Å². The second-order valence-corrected chi connectivity index (χ2v) is 8.34. The van der Waals surface area contributed by atoms with Gasteiger partial charge < -0.3 is 29.9 Å². The Labute approximate surface area is 231 Å². The number of carbonyl (C=O) groups excluding carboxylic acids is 2. The third-order valence-electron chi connectivity index (χ3n) is 5.58. The van der Waals surface area contributed by atoms with Crippen LogP contribution in [0.4, 0.5) is 0 Å². The van der Waals surface area contributed by atoms with Crippen molar-refractivity contribution in [3.63, 3.8) is 0 Å². The van der Waals surface area contributed by atoms with E-state index in [1.807, 2.05) is 12.1 Å². The minimum Gasteiger partial charge on any atom is -0.508 e. The molecule has 8 heteroatoms. The molecule has 0 aromatic heterocycles. The normalized spacial score (nSPS) is 10.7. The third-order valence-corrected chi connectivity index (χ3v) is 5.58. The summed E-state index contributed by atoms with van der Waals surface area (Å²) in [6, 6.07) is 22.1. The number of allylic oxidation sites excluding steroid dienone is 2. The summed E-state index contributed by atoms with van der Waals surface area (Å²) in [4.78, 5) is 23.9. The summed E-state index contributed by atoms with van der Waals surface area (Å²) >= 11 is 0. The van der Waals surface area contributed by atoms with Crippen LogP contribution in [0.5, 0.6) is 34.5 Å². The summed E-state index contributed by atoms with van der Waals surface area (Å²) in [5.41, 5.74) is 1.98. The predicted octanol–water partition coefficient (Wildman–Crippen LogP) is 6.01. The van der Waals surface area contributed by atoms with Gasteiger partial charge in [-0.15, -0.1) is 0 Å². The second kappa shape index (κ2) is 13.9. The zero-order valence-electron chi connectivity index (χ0n) is 21.8. The molecule has 40 heavy (non-hydrogen) atoms. The number of ketones is 2. The number of ether oxygens (including phenoxy) is 2. The Kier molecular flexibility index (Phi) is 10.1. The molecular formula is C32H28O8. The quantitative estimate of drug-likeness (QED) is 0.158. The van der Waals surface area contributed by atoms with Crippen molar-refractivity contribution in [3.8, 4) is 34.5 Å². The van der Waals surface area contributed by atoms with Crippen molar-refractivity contribution in [3.05, 3.63) is 119 Å². The number of hydrogen-bond donors (Lipinski definition) is 4. The number of rotatable bonds is 8. The van der Waals surface area contributed by atoms with E-state index >= 15 is 0 Å². The zero-order valence-corrected chi connectivity index (χ0v) is 21.8. The largest absolute Gasteiger partial charge is 0.508 e. The molecule has 0 aliphatic heterocycles. The van der Waals surface area contributed by atoms with E-state index in [1.165, 1.54) is 55.7 Å². The maximum absolute atomic E-state index is 12.0. The Morgan fingerprint density at radius 3 is 1.45 bits per heavy atom. The molecule has 0 saturated heterocycles. The number of hydrogen-bond acceptors (Lipinski definition) is 8. The molecule has 0 spiro atoms. The summed E-state index contributed by atoms with van der Waals surface area (Å²) < 4.78 is 10.0. The van der Waals surface area contributed by atoms with Gasteiger partial charge in [0.2, 0.25) is 0 Å². The van der Waals surface area contributed by atoms with Crippen molar-refractivity contribution in [2.24, 2.45) is 0 Å². The lowest BCUT2D eigenvalue weighted by molar-refractivity contribution is 0.103. The Balaban J connectivity index is 0.000000220. The molecule has 4 aromatic rings. The molecule has 0 saturated carbocycles. The van der Waals surface area contributed by atoms with Gasteiger partial charge in [0.15, 0.2) is 11.6 Å². The van der Waals surface area contributed by atoms with E-state index in [2.05, 4.69) is 0 Å². The van der Waals surface area contributed by atoms with Crippen LogP contribution >= 0.6 is 0 Å². The molecule has 0 bridgehead atoms. The van der Waals surface area contributed by atoms with Crippen LogP contribution in [0.1, 0.15) is 31.8 Å². The maximum Gasteiger partial charge on any atom is 0.189 e. The molecule has 0 heterocycles. The van der Waals surface area contributed by atoms with Crippen molar-refractivity contribution in [2.45, 2.75) is 0 Å². The average molecular weight is 541 g/mol. The smallest absolute Gasteiger partial charge is 0.189 e. The second-order valence-electron chi connectivity index (χ2n) is 8.34. The van der Waals surface area contributed by atoms with E-state index < -0.39 is 0 Å². The highest BCUT2D eigenvalue weighted by atomic mass is 16.5. The van der Waals surface area contributed by atoms with Gasteiger partial charge in [-0.25, -0.2) is 0 Å². The summed E-state index contributed by atoms with van der Waals surface area (Å²) in [5.74, 6) is 0.307. The van der Waals surface area contributed by atoms with Crippen LogP contribution in [0.25, 0.3) is 12.2 Å². The fourth-order valence-electron chi connectivity index (χ4n) is 3.40. The van der Waals surface area contributed by atoms with Gasteiger partial charge in [-0.2, -0.15) is 0 Å². The molecule has 4 rings (SSSR count). The zero-order chi connectivity index (χ0) is 29.1. The van der Waals surface area contributed by atoms with Crippen molar-refractivity contribution < 1.29 is 39.5 Å². The van der Waals surface area contributed by atoms with E-state index in [-0.39, 0.29) is 45.7 Å². The first-order valence-corrected chi connectivity index (χ1v) is 12.0. The first-order valence-electron chi connectivity index (χ1n) is 12.0. The molecule has 4 aromatic carbocycles. The third kappa shape index (κ3) is 8.26. The standard InChI is InChI=1S/2C16H14O4/c1-20-13-6-2-11(3-7-13)4-9-15(18)14-8-5-12(17)10-16(14)19;1-20-13-7-8-14(16(19)10-13)15(18)9-4-11-2-5-12(17)6-3-11/h2*2-10,17,19H,1H3/b2*9-4+. The van der Waals surface area contributed by atoms with Crippen molar-refractivity contribution >= 4 is 23.7 Å². The Morgan fingerprint density at radius 1 is 0.550 bits per heavy atom. The summed E-state index contributed by atoms with van der Waals surface area (Å²) in [7, 11) is 3.07. The van der Waals surface area contributed by atoms with Crippen LogP contribution < -0.4 is 9.47 Å². The number of phenols is 4. The van der Waals surface area contributed by atoms with Gasteiger partial charge in [-0.3, -0.25) is 9.59 Å². The molecule has 0 fully saturated rings. The monoisotopic (exact) mass is 540 g/mol. The predicted molar refractivity (Wildman–Crippen MR) is 152 cm³/mol. The number of aromatic hydroxyl groups is 4. The van der Waals surface area contributed by atoms with Gasteiger partial charge in [0, 0.05) is 12.1 Å². The Morgan fingerprint density at radius 2 is 0.975 bits per heavy atom. The average Bonchev–Trinajstić information content (AvgIpc) is 2.96. The molecule has 0 aliphatic rings. The summed E-state index contributed by atoms with van der Waals surface area (Å²) in [5, 5.41) is 37.7. The molecule has 204 valence electrons. The molecule has 8 nitrogen and oxygen atoms in total. The molecule has 0 aliphatic carbocycles. The van der Waals surface area contributed by atoms with E-state index in [1.54, 1.807) is 49.6 Å². The number of methoxy groups -OCH3 is 2. The van der Waals surface area contributed by atoms with Crippen molar-refractivity contribution in [1.82, 2.24) is 0 Å². The lowest BCUT2D eigenvalue weighted by Crippen LogP contribution is -1.95. The SMILES string of the molecule is COc1ccc(/C=C/C(=O)c2ccc(O)cc2O)cc1.COc1ccc(C(=O)/C=C/c2ccc(O)cc2)c(O)c1. The van der Waals surface area contributed by atoms with Crippen LogP contribution in [0.2, 0.25) is 0 Å². The Hall–Kier alpha value is -5.50. The van der Waals surface area contributed by atoms with Crippen molar-refractivity contribution in [2.75, 3.05) is 14.2 Å².